The van der Waals surface area contributed by atoms with Gasteiger partial charge in [0.2, 0.25) is 0 Å². The Hall–Kier alpha value is -3.36. The van der Waals surface area contributed by atoms with E-state index in [1.54, 1.807) is 27.9 Å². The fraction of sp³-hybridized carbons (Fsp3) is 0.241. The van der Waals surface area contributed by atoms with Crippen molar-refractivity contribution in [1.82, 2.24) is 20.2 Å². The first-order valence-electron chi connectivity index (χ1n) is 12.5. The first-order valence-corrected chi connectivity index (χ1v) is 13.2. The van der Waals surface area contributed by atoms with Crippen LogP contribution in [0.4, 0.5) is 0 Å². The Kier molecular flexibility index (Phi) is 8.00. The molecule has 5 rings (SSSR count). The third kappa shape index (κ3) is 5.87. The highest BCUT2D eigenvalue weighted by molar-refractivity contribution is 6.35. The van der Waals surface area contributed by atoms with Crippen LogP contribution in [0.2, 0.25) is 10.0 Å². The van der Waals surface area contributed by atoms with Gasteiger partial charge in [0.25, 0.3) is 5.91 Å². The fourth-order valence-corrected chi connectivity index (χ4v) is 5.07. The van der Waals surface area contributed by atoms with Crippen molar-refractivity contribution in [3.63, 3.8) is 0 Å². The summed E-state index contributed by atoms with van der Waals surface area (Å²) in [6, 6.07) is 22.8. The molecule has 196 valence electrons. The number of ether oxygens (including phenoxy) is 1. The minimum absolute atomic E-state index is 0.274. The lowest BCUT2D eigenvalue weighted by Gasteiger charge is -2.29. The molecule has 4 aromatic rings. The van der Waals surface area contributed by atoms with E-state index in [4.69, 9.17) is 27.9 Å². The molecule has 1 amide bonds. The number of carbonyl (C=O) groups is 1. The molecule has 2 N–H and O–H groups in total. The van der Waals surface area contributed by atoms with Gasteiger partial charge in [-0.2, -0.15) is 5.10 Å². The Bertz CT molecular complexity index is 1420. The number of nitrogens with zero attached hydrogens (tertiary/aromatic N) is 3. The maximum absolute atomic E-state index is 13.3. The number of aliphatic hydroxyl groups excluding tert-OH is 1. The van der Waals surface area contributed by atoms with Crippen LogP contribution in [0.3, 0.4) is 0 Å². The number of aromatic nitrogens is 2. The van der Waals surface area contributed by atoms with E-state index < -0.39 is 6.10 Å². The summed E-state index contributed by atoms with van der Waals surface area (Å²) in [6.45, 7) is 3.38. The number of hydrogen-bond acceptors (Lipinski definition) is 5. The second-order valence-electron chi connectivity index (χ2n) is 9.31. The summed E-state index contributed by atoms with van der Waals surface area (Å²) in [5, 5.41) is 17.3. The van der Waals surface area contributed by atoms with Gasteiger partial charge in [0.05, 0.1) is 22.5 Å². The molecule has 0 saturated carbocycles. The van der Waals surface area contributed by atoms with Gasteiger partial charge in [0, 0.05) is 29.2 Å². The summed E-state index contributed by atoms with van der Waals surface area (Å²) in [4.78, 5) is 13.3. The first-order chi connectivity index (χ1) is 18.4. The van der Waals surface area contributed by atoms with Crippen LogP contribution in [0.5, 0.6) is 5.75 Å². The van der Waals surface area contributed by atoms with Gasteiger partial charge in [-0.15, -0.1) is 0 Å². The van der Waals surface area contributed by atoms with Crippen LogP contribution < -0.4 is 10.2 Å². The maximum Gasteiger partial charge on any atom is 0.286 e. The molecular weight excluding hydrogens is 523 g/mol. The Morgan fingerprint density at radius 3 is 2.58 bits per heavy atom. The van der Waals surface area contributed by atoms with Gasteiger partial charge in [0.15, 0.2) is 5.69 Å². The minimum atomic E-state index is -0.464. The molecule has 7 nitrogen and oxygen atoms in total. The molecule has 1 fully saturated rings. The van der Waals surface area contributed by atoms with Crippen molar-refractivity contribution >= 4 is 29.1 Å². The zero-order chi connectivity index (χ0) is 26.6. The Morgan fingerprint density at radius 2 is 1.87 bits per heavy atom. The van der Waals surface area contributed by atoms with Gasteiger partial charge in [-0.25, -0.2) is 9.69 Å². The highest BCUT2D eigenvalue weighted by Gasteiger charge is 2.26. The molecule has 2 heterocycles. The van der Waals surface area contributed by atoms with Gasteiger partial charge < -0.3 is 9.84 Å². The highest BCUT2D eigenvalue weighted by Crippen LogP contribution is 2.33. The molecule has 0 radical (unpaired) electrons. The number of hydrazine groups is 1. The Balaban J connectivity index is 1.47. The molecule has 3 aromatic carbocycles. The molecule has 1 aliphatic heterocycles. The van der Waals surface area contributed by atoms with E-state index in [0.29, 0.717) is 41.0 Å². The lowest BCUT2D eigenvalue weighted by Crippen LogP contribution is -2.49. The fourth-order valence-electron chi connectivity index (χ4n) is 4.58. The number of aliphatic hydroxyl groups is 1. The van der Waals surface area contributed by atoms with Crippen molar-refractivity contribution in [1.29, 1.82) is 0 Å². The Labute approximate surface area is 231 Å². The van der Waals surface area contributed by atoms with Gasteiger partial charge in [-0.05, 0) is 67.8 Å². The lowest BCUT2D eigenvalue weighted by atomic mass is 10.1. The second-order valence-corrected chi connectivity index (χ2v) is 10.2. The van der Waals surface area contributed by atoms with Crippen molar-refractivity contribution in [3.05, 3.63) is 99.7 Å². The highest BCUT2D eigenvalue weighted by atomic mass is 35.5. The average molecular weight is 551 g/mol. The molecule has 1 aromatic heterocycles. The smallest absolute Gasteiger partial charge is 0.286 e. The molecule has 1 aliphatic rings. The number of rotatable bonds is 7. The molecule has 0 bridgehead atoms. The van der Waals surface area contributed by atoms with Crippen LogP contribution in [0, 0.1) is 6.92 Å². The van der Waals surface area contributed by atoms with E-state index in [2.05, 4.69) is 10.5 Å². The Morgan fingerprint density at radius 1 is 1.11 bits per heavy atom. The molecule has 38 heavy (non-hydrogen) atoms. The lowest BCUT2D eigenvalue weighted by molar-refractivity contribution is 0.0364. The van der Waals surface area contributed by atoms with Crippen LogP contribution in [0.1, 0.15) is 34.5 Å². The van der Waals surface area contributed by atoms with Crippen molar-refractivity contribution in [2.45, 2.75) is 32.5 Å². The monoisotopic (exact) mass is 550 g/mol. The van der Waals surface area contributed by atoms with Crippen LogP contribution in [0.25, 0.3) is 16.9 Å². The van der Waals surface area contributed by atoms with Crippen LogP contribution in [-0.2, 0) is 6.61 Å². The van der Waals surface area contributed by atoms with Gasteiger partial charge in [-0.3, -0.25) is 10.2 Å². The number of β-amino-alcohol motifs (C(OH)–C–C–N with tert-alkyl or cyclic N) is 1. The summed E-state index contributed by atoms with van der Waals surface area (Å²) >= 11 is 12.7. The van der Waals surface area contributed by atoms with Crippen LogP contribution >= 0.6 is 23.2 Å². The zero-order valence-electron chi connectivity index (χ0n) is 20.9. The largest absolute Gasteiger partial charge is 0.489 e. The molecule has 0 aliphatic carbocycles. The minimum Gasteiger partial charge on any atom is -0.489 e. The number of piperidine rings is 1. The standard InChI is InChI=1S/C29H28Cl2N4O3/c1-19-27(29(37)33-34-15-5-8-23(36)17-34)32-35(26-14-11-22(30)16-25(26)31)28(19)21-9-12-24(13-10-21)38-18-20-6-3-2-4-7-20/h2-4,6-7,9-14,16,23,36H,5,8,15,17-18H2,1H3,(H,33,37). The average Bonchev–Trinajstić information content (AvgIpc) is 3.25. The number of carbonyl (C=O) groups excluding carboxylic acids is 1. The molecule has 1 unspecified atom stereocenters. The summed E-state index contributed by atoms with van der Waals surface area (Å²) in [5.74, 6) is 0.386. The third-order valence-corrected chi connectivity index (χ3v) is 7.05. The van der Waals surface area contributed by atoms with Crippen molar-refractivity contribution in [2.24, 2.45) is 0 Å². The molecule has 1 saturated heterocycles. The SMILES string of the molecule is Cc1c(C(=O)NN2CCCC(O)C2)nn(-c2ccc(Cl)cc2Cl)c1-c1ccc(OCc2ccccc2)cc1. The number of nitrogens with one attached hydrogen (secondary N) is 1. The molecule has 9 heteroatoms. The van der Waals surface area contributed by atoms with Gasteiger partial charge in [-0.1, -0.05) is 53.5 Å². The van der Waals surface area contributed by atoms with Crippen LogP contribution in [0.15, 0.2) is 72.8 Å². The topological polar surface area (TPSA) is 79.6 Å². The van der Waals surface area contributed by atoms with Gasteiger partial charge in [0.1, 0.15) is 12.4 Å². The van der Waals surface area contributed by atoms with E-state index in [1.807, 2.05) is 61.5 Å². The van der Waals surface area contributed by atoms with Crippen molar-refractivity contribution in [2.75, 3.05) is 13.1 Å². The number of amides is 1. The summed E-state index contributed by atoms with van der Waals surface area (Å²) in [7, 11) is 0. The summed E-state index contributed by atoms with van der Waals surface area (Å²) in [6.07, 6.45) is 1.07. The maximum atomic E-state index is 13.3. The number of hydrogen-bond donors (Lipinski definition) is 2. The second kappa shape index (κ2) is 11.6. The molecule has 1 atom stereocenters. The van der Waals surface area contributed by atoms with E-state index in [1.165, 1.54) is 0 Å². The van der Waals surface area contributed by atoms with Crippen molar-refractivity contribution < 1.29 is 14.6 Å². The molecular formula is C29H28Cl2N4O3. The van der Waals surface area contributed by atoms with E-state index in [-0.39, 0.29) is 11.6 Å². The predicted octanol–water partition coefficient (Wildman–Crippen LogP) is 5.84. The summed E-state index contributed by atoms with van der Waals surface area (Å²) in [5.41, 5.74) is 7.13. The van der Waals surface area contributed by atoms with E-state index >= 15 is 0 Å². The van der Waals surface area contributed by atoms with E-state index in [9.17, 15) is 9.90 Å². The van der Waals surface area contributed by atoms with E-state index in [0.717, 1.165) is 35.4 Å². The number of halogens is 2. The molecule has 0 spiro atoms. The normalized spacial score (nSPS) is 15.8. The number of benzene rings is 3. The quantitative estimate of drug-likeness (QED) is 0.302. The predicted molar refractivity (Wildman–Crippen MR) is 149 cm³/mol. The zero-order valence-corrected chi connectivity index (χ0v) is 22.4. The first kappa shape index (κ1) is 26.3. The third-order valence-electron chi connectivity index (χ3n) is 6.51. The van der Waals surface area contributed by atoms with Crippen molar-refractivity contribution in [3.8, 4) is 22.7 Å². The van der Waals surface area contributed by atoms with Gasteiger partial charge >= 0.3 is 0 Å². The summed E-state index contributed by atoms with van der Waals surface area (Å²) < 4.78 is 7.62. The van der Waals surface area contributed by atoms with Crippen LogP contribution in [-0.4, -0.2) is 45.0 Å².